The topological polar surface area (TPSA) is 26.7 Å². The molecular weight excluding hydrogens is 200 g/mol. The molecule has 16 heavy (non-hydrogen) atoms. The average Bonchev–Trinajstić information content (AvgIpc) is 2.85. The summed E-state index contributed by atoms with van der Waals surface area (Å²) in [5, 5.41) is 10.2. The van der Waals surface area contributed by atoms with Gasteiger partial charge in [0.15, 0.2) is 0 Å². The minimum absolute atomic E-state index is 0.0124. The van der Waals surface area contributed by atoms with Crippen LogP contribution >= 0.6 is 0 Å². The van der Waals surface area contributed by atoms with Crippen LogP contribution in [0.2, 0.25) is 0 Å². The van der Waals surface area contributed by atoms with Crippen molar-refractivity contribution in [3.8, 4) is 0 Å². The monoisotopic (exact) mass is 224 g/mol. The van der Waals surface area contributed by atoms with E-state index >= 15 is 0 Å². The lowest BCUT2D eigenvalue weighted by molar-refractivity contribution is 0.0282. The Kier molecular flexibility index (Phi) is 2.94. The van der Waals surface area contributed by atoms with Gasteiger partial charge in [0, 0.05) is 38.6 Å². The molecule has 0 aromatic heterocycles. The number of rotatable bonds is 2. The zero-order valence-electron chi connectivity index (χ0n) is 10.3. The predicted octanol–water partition coefficient (Wildman–Crippen LogP) is 0.641. The maximum Gasteiger partial charge on any atom is 0.0611 e. The zero-order chi connectivity index (χ0) is 11.1. The number of piperazine rings is 1. The summed E-state index contributed by atoms with van der Waals surface area (Å²) in [6, 6.07) is 0. The summed E-state index contributed by atoms with van der Waals surface area (Å²) in [6.45, 7) is 5.91. The number of hydrogen-bond donors (Lipinski definition) is 1. The van der Waals surface area contributed by atoms with Gasteiger partial charge in [0.25, 0.3) is 0 Å². The van der Waals surface area contributed by atoms with Crippen LogP contribution in [0.4, 0.5) is 0 Å². The van der Waals surface area contributed by atoms with Crippen molar-refractivity contribution in [2.75, 3.05) is 39.8 Å². The molecule has 3 nitrogen and oxygen atoms in total. The number of nitrogens with zero attached hydrogens (tertiary/aromatic N) is 2. The van der Waals surface area contributed by atoms with Crippen LogP contribution in [-0.4, -0.2) is 60.8 Å². The SMILES string of the molecule is CN1CCN(CC2C3CCC(C3)C2O)CC1. The van der Waals surface area contributed by atoms with Crippen molar-refractivity contribution >= 4 is 0 Å². The quantitative estimate of drug-likeness (QED) is 0.746. The molecule has 3 rings (SSSR count). The lowest BCUT2D eigenvalue weighted by atomic mass is 9.86. The summed E-state index contributed by atoms with van der Waals surface area (Å²) in [5.74, 6) is 2.06. The van der Waals surface area contributed by atoms with Crippen LogP contribution in [0.15, 0.2) is 0 Å². The zero-order valence-corrected chi connectivity index (χ0v) is 10.3. The largest absolute Gasteiger partial charge is 0.392 e. The number of hydrogen-bond acceptors (Lipinski definition) is 3. The van der Waals surface area contributed by atoms with Crippen molar-refractivity contribution in [2.24, 2.45) is 17.8 Å². The molecule has 4 atom stereocenters. The third-order valence-electron chi connectivity index (χ3n) is 5.11. The fourth-order valence-corrected chi connectivity index (χ4v) is 3.97. The van der Waals surface area contributed by atoms with Gasteiger partial charge in [-0.25, -0.2) is 0 Å². The Labute approximate surface area is 98.4 Å². The molecule has 1 N–H and O–H groups in total. The van der Waals surface area contributed by atoms with Gasteiger partial charge < -0.3 is 14.9 Å². The summed E-state index contributed by atoms with van der Waals surface area (Å²) in [5.41, 5.74) is 0. The summed E-state index contributed by atoms with van der Waals surface area (Å²) in [6.07, 6.45) is 3.98. The van der Waals surface area contributed by atoms with E-state index < -0.39 is 0 Å². The Morgan fingerprint density at radius 3 is 2.38 bits per heavy atom. The second-order valence-corrected chi connectivity index (χ2v) is 6.09. The molecule has 2 saturated carbocycles. The van der Waals surface area contributed by atoms with Gasteiger partial charge in [-0.3, -0.25) is 0 Å². The van der Waals surface area contributed by atoms with E-state index in [1.54, 1.807) is 0 Å². The molecule has 1 saturated heterocycles. The first-order chi connectivity index (χ1) is 7.74. The molecule has 3 fully saturated rings. The number of aliphatic hydroxyl groups excluding tert-OH is 1. The van der Waals surface area contributed by atoms with Gasteiger partial charge in [-0.1, -0.05) is 0 Å². The average molecular weight is 224 g/mol. The molecule has 0 amide bonds. The molecule has 4 unspecified atom stereocenters. The number of likely N-dealkylation sites (N-methyl/N-ethyl adjacent to an activating group) is 1. The molecule has 92 valence electrons. The van der Waals surface area contributed by atoms with Crippen LogP contribution in [0.1, 0.15) is 19.3 Å². The molecule has 0 spiro atoms. The van der Waals surface area contributed by atoms with Crippen molar-refractivity contribution < 1.29 is 5.11 Å². The highest BCUT2D eigenvalue weighted by Gasteiger charge is 2.47. The van der Waals surface area contributed by atoms with E-state index in [9.17, 15) is 5.11 Å². The van der Waals surface area contributed by atoms with Gasteiger partial charge in [0.2, 0.25) is 0 Å². The van der Waals surface area contributed by atoms with E-state index in [0.29, 0.717) is 11.8 Å². The first-order valence-corrected chi connectivity index (χ1v) is 6.83. The van der Waals surface area contributed by atoms with E-state index in [1.807, 2.05) is 0 Å². The Morgan fingerprint density at radius 1 is 1.06 bits per heavy atom. The van der Waals surface area contributed by atoms with Gasteiger partial charge in [-0.2, -0.15) is 0 Å². The molecule has 2 bridgehead atoms. The highest BCUT2D eigenvalue weighted by molar-refractivity contribution is 4.97. The van der Waals surface area contributed by atoms with Crippen molar-refractivity contribution in [1.82, 2.24) is 9.80 Å². The van der Waals surface area contributed by atoms with Gasteiger partial charge in [0.05, 0.1) is 6.10 Å². The van der Waals surface area contributed by atoms with Crippen molar-refractivity contribution in [1.29, 1.82) is 0 Å². The van der Waals surface area contributed by atoms with E-state index in [4.69, 9.17) is 0 Å². The summed E-state index contributed by atoms with van der Waals surface area (Å²) < 4.78 is 0. The normalized spacial score (nSPS) is 45.4. The number of fused-ring (bicyclic) bond motifs is 2. The van der Waals surface area contributed by atoms with E-state index in [-0.39, 0.29) is 6.10 Å². The van der Waals surface area contributed by atoms with Crippen LogP contribution in [0.3, 0.4) is 0 Å². The maximum absolute atomic E-state index is 10.2. The molecule has 2 aliphatic carbocycles. The molecular formula is C13H24N2O. The van der Waals surface area contributed by atoms with Crippen LogP contribution in [0.5, 0.6) is 0 Å². The van der Waals surface area contributed by atoms with Crippen LogP contribution < -0.4 is 0 Å². The lowest BCUT2D eigenvalue weighted by Crippen LogP contribution is -2.48. The fourth-order valence-electron chi connectivity index (χ4n) is 3.97. The highest BCUT2D eigenvalue weighted by Crippen LogP contribution is 2.48. The second kappa shape index (κ2) is 4.28. The first-order valence-electron chi connectivity index (χ1n) is 6.83. The van der Waals surface area contributed by atoms with Gasteiger partial charge in [-0.05, 0) is 38.1 Å². The fraction of sp³-hybridized carbons (Fsp3) is 1.00. The van der Waals surface area contributed by atoms with Crippen LogP contribution in [0, 0.1) is 17.8 Å². The Balaban J connectivity index is 1.55. The smallest absolute Gasteiger partial charge is 0.0611 e. The minimum atomic E-state index is 0.0124. The minimum Gasteiger partial charge on any atom is -0.392 e. The molecule has 3 heteroatoms. The highest BCUT2D eigenvalue weighted by atomic mass is 16.3. The third kappa shape index (κ3) is 1.89. The maximum atomic E-state index is 10.2. The summed E-state index contributed by atoms with van der Waals surface area (Å²) >= 11 is 0. The van der Waals surface area contributed by atoms with E-state index in [1.165, 1.54) is 45.4 Å². The molecule has 3 aliphatic rings. The summed E-state index contributed by atoms with van der Waals surface area (Å²) in [4.78, 5) is 4.96. The van der Waals surface area contributed by atoms with Gasteiger partial charge in [-0.15, -0.1) is 0 Å². The molecule has 0 aromatic carbocycles. The Bertz CT molecular complexity index is 248. The molecule has 1 aliphatic heterocycles. The van der Waals surface area contributed by atoms with E-state index in [2.05, 4.69) is 16.8 Å². The van der Waals surface area contributed by atoms with Crippen molar-refractivity contribution in [3.63, 3.8) is 0 Å². The van der Waals surface area contributed by atoms with Gasteiger partial charge in [0.1, 0.15) is 0 Å². The van der Waals surface area contributed by atoms with Crippen molar-refractivity contribution in [3.05, 3.63) is 0 Å². The predicted molar refractivity (Wildman–Crippen MR) is 64.3 cm³/mol. The second-order valence-electron chi connectivity index (χ2n) is 6.09. The van der Waals surface area contributed by atoms with Crippen molar-refractivity contribution in [2.45, 2.75) is 25.4 Å². The summed E-state index contributed by atoms with van der Waals surface area (Å²) in [7, 11) is 2.20. The molecule has 1 heterocycles. The standard InChI is InChI=1S/C13H24N2O/c1-14-4-6-15(7-5-14)9-12-10-2-3-11(8-10)13(12)16/h10-13,16H,2-9H2,1H3. The lowest BCUT2D eigenvalue weighted by Gasteiger charge is -2.37. The van der Waals surface area contributed by atoms with E-state index in [0.717, 1.165) is 12.5 Å². The Hall–Kier alpha value is -0.120. The number of aliphatic hydroxyl groups is 1. The molecule has 0 aromatic rings. The first kappa shape index (κ1) is 11.0. The molecule has 0 radical (unpaired) electrons. The Morgan fingerprint density at radius 2 is 1.75 bits per heavy atom. The van der Waals surface area contributed by atoms with Crippen LogP contribution in [0.25, 0.3) is 0 Å². The van der Waals surface area contributed by atoms with Crippen LogP contribution in [-0.2, 0) is 0 Å². The third-order valence-corrected chi connectivity index (χ3v) is 5.11. The van der Waals surface area contributed by atoms with Gasteiger partial charge >= 0.3 is 0 Å².